The second kappa shape index (κ2) is 6.46. The third kappa shape index (κ3) is 3.55. The molecule has 1 aliphatic rings. The van der Waals surface area contributed by atoms with Gasteiger partial charge in [-0.05, 0) is 24.0 Å². The van der Waals surface area contributed by atoms with E-state index in [1.165, 1.54) is 0 Å². The molecule has 0 spiro atoms. The van der Waals surface area contributed by atoms with Crippen LogP contribution >= 0.6 is 11.6 Å². The molecular weight excluding hydrogens is 270 g/mol. The number of rotatable bonds is 6. The smallest absolute Gasteiger partial charge is 0.0656 e. The van der Waals surface area contributed by atoms with Crippen molar-refractivity contribution in [2.45, 2.75) is 52.8 Å². The minimum absolute atomic E-state index is 0.191. The van der Waals surface area contributed by atoms with Gasteiger partial charge >= 0.3 is 0 Å². The summed E-state index contributed by atoms with van der Waals surface area (Å²) < 4.78 is 5.99. The highest BCUT2D eigenvalue weighted by molar-refractivity contribution is 6.31. The predicted molar refractivity (Wildman–Crippen MR) is 85.1 cm³/mol. The first-order valence-corrected chi connectivity index (χ1v) is 7.87. The predicted octanol–water partition coefficient (Wildman–Crippen LogP) is 4.27. The van der Waals surface area contributed by atoms with Gasteiger partial charge < -0.3 is 10.1 Å². The Morgan fingerprint density at radius 1 is 1.35 bits per heavy atom. The summed E-state index contributed by atoms with van der Waals surface area (Å²) in [5, 5.41) is 4.46. The van der Waals surface area contributed by atoms with Gasteiger partial charge in [-0.15, -0.1) is 0 Å². The van der Waals surface area contributed by atoms with E-state index in [4.69, 9.17) is 16.3 Å². The summed E-state index contributed by atoms with van der Waals surface area (Å²) in [7, 11) is 0. The molecule has 0 amide bonds. The molecular formula is C17H26ClNO. The maximum atomic E-state index is 6.19. The number of benzene rings is 1. The average Bonchev–Trinajstić information content (AvgIpc) is 2.38. The number of hydrogen-bond donors (Lipinski definition) is 1. The highest BCUT2D eigenvalue weighted by Crippen LogP contribution is 2.43. The summed E-state index contributed by atoms with van der Waals surface area (Å²) in [6, 6.07) is 8.52. The first-order chi connectivity index (χ1) is 9.41. The summed E-state index contributed by atoms with van der Waals surface area (Å²) in [5.41, 5.74) is 1.35. The van der Waals surface area contributed by atoms with E-state index in [2.05, 4.69) is 39.1 Å². The van der Waals surface area contributed by atoms with Crippen molar-refractivity contribution in [3.63, 3.8) is 0 Å². The van der Waals surface area contributed by atoms with Crippen LogP contribution in [0.3, 0.4) is 0 Å². The van der Waals surface area contributed by atoms with Crippen molar-refractivity contribution in [2.75, 3.05) is 6.61 Å². The molecule has 1 fully saturated rings. The van der Waals surface area contributed by atoms with Crippen molar-refractivity contribution in [2.24, 2.45) is 11.3 Å². The number of halogens is 1. The van der Waals surface area contributed by atoms with Gasteiger partial charge in [0.15, 0.2) is 0 Å². The lowest BCUT2D eigenvalue weighted by Crippen LogP contribution is -2.60. The molecule has 0 heterocycles. The Hall–Kier alpha value is -0.570. The maximum absolute atomic E-state index is 6.19. The lowest BCUT2D eigenvalue weighted by atomic mass is 9.64. The normalized spacial score (nSPS) is 24.7. The summed E-state index contributed by atoms with van der Waals surface area (Å²) in [6.07, 6.45) is 1.46. The summed E-state index contributed by atoms with van der Waals surface area (Å²) >= 11 is 6.19. The number of ether oxygens (including phenoxy) is 1. The van der Waals surface area contributed by atoms with E-state index in [1.807, 2.05) is 18.2 Å². The Kier molecular flexibility index (Phi) is 5.11. The van der Waals surface area contributed by atoms with Gasteiger partial charge in [0.1, 0.15) is 0 Å². The fourth-order valence-electron chi connectivity index (χ4n) is 2.70. The van der Waals surface area contributed by atoms with E-state index in [9.17, 15) is 0 Å². The Labute approximate surface area is 127 Å². The second-order valence-electron chi connectivity index (χ2n) is 6.80. The average molecular weight is 296 g/mol. The molecule has 0 radical (unpaired) electrons. The molecule has 1 saturated carbocycles. The number of hydrogen-bond acceptors (Lipinski definition) is 2. The van der Waals surface area contributed by atoms with E-state index in [1.54, 1.807) is 0 Å². The van der Waals surface area contributed by atoms with Crippen molar-refractivity contribution in [3.05, 3.63) is 34.9 Å². The van der Waals surface area contributed by atoms with Crippen LogP contribution in [0.4, 0.5) is 0 Å². The van der Waals surface area contributed by atoms with Gasteiger partial charge in [-0.2, -0.15) is 0 Å². The van der Waals surface area contributed by atoms with Crippen LogP contribution in [0.2, 0.25) is 5.02 Å². The number of nitrogens with one attached hydrogen (secondary N) is 1. The molecule has 1 N–H and O–H groups in total. The fraction of sp³-hybridized carbons (Fsp3) is 0.647. The minimum Gasteiger partial charge on any atom is -0.377 e. The Morgan fingerprint density at radius 3 is 2.65 bits per heavy atom. The maximum Gasteiger partial charge on any atom is 0.0656 e. The Morgan fingerprint density at radius 2 is 2.05 bits per heavy atom. The van der Waals surface area contributed by atoms with Crippen LogP contribution in [0.25, 0.3) is 0 Å². The van der Waals surface area contributed by atoms with Crippen molar-refractivity contribution in [3.8, 4) is 0 Å². The van der Waals surface area contributed by atoms with Crippen LogP contribution in [0.15, 0.2) is 24.3 Å². The lowest BCUT2D eigenvalue weighted by molar-refractivity contribution is -0.124. The third-order valence-electron chi connectivity index (χ3n) is 4.31. The van der Waals surface area contributed by atoms with E-state index in [-0.39, 0.29) is 5.41 Å². The van der Waals surface area contributed by atoms with Crippen molar-refractivity contribution < 1.29 is 4.74 Å². The summed E-state index contributed by atoms with van der Waals surface area (Å²) in [4.78, 5) is 0. The van der Waals surface area contributed by atoms with Crippen molar-refractivity contribution in [1.29, 1.82) is 0 Å². The molecule has 0 aromatic heterocycles. The van der Waals surface area contributed by atoms with Gasteiger partial charge in [0.2, 0.25) is 0 Å². The lowest BCUT2D eigenvalue weighted by Gasteiger charge is -2.52. The zero-order valence-corrected chi connectivity index (χ0v) is 13.7. The third-order valence-corrected chi connectivity index (χ3v) is 4.67. The highest BCUT2D eigenvalue weighted by atomic mass is 35.5. The molecule has 1 aromatic rings. The van der Waals surface area contributed by atoms with Crippen LogP contribution in [-0.2, 0) is 11.3 Å². The molecule has 3 heteroatoms. The molecule has 2 nitrogen and oxygen atoms in total. The first kappa shape index (κ1) is 15.8. The van der Waals surface area contributed by atoms with Gasteiger partial charge in [-0.1, -0.05) is 57.5 Å². The topological polar surface area (TPSA) is 21.3 Å². The molecule has 0 saturated heterocycles. The molecule has 0 aliphatic heterocycles. The Balaban J connectivity index is 1.82. The second-order valence-corrected chi connectivity index (χ2v) is 7.20. The minimum atomic E-state index is 0.191. The zero-order valence-electron chi connectivity index (χ0n) is 12.9. The van der Waals surface area contributed by atoms with Crippen molar-refractivity contribution >= 4 is 11.6 Å². The van der Waals surface area contributed by atoms with Gasteiger partial charge in [0, 0.05) is 29.6 Å². The molecule has 20 heavy (non-hydrogen) atoms. The fourth-order valence-corrected chi connectivity index (χ4v) is 2.90. The molecule has 2 rings (SSSR count). The van der Waals surface area contributed by atoms with Gasteiger partial charge in [0.25, 0.3) is 0 Å². The van der Waals surface area contributed by atoms with E-state index in [0.717, 1.165) is 30.2 Å². The first-order valence-electron chi connectivity index (χ1n) is 7.49. The monoisotopic (exact) mass is 295 g/mol. The van der Waals surface area contributed by atoms with Crippen LogP contribution in [-0.4, -0.2) is 18.8 Å². The van der Waals surface area contributed by atoms with E-state index < -0.39 is 0 Å². The molecule has 0 bridgehead atoms. The largest absolute Gasteiger partial charge is 0.377 e. The molecule has 2 unspecified atom stereocenters. The van der Waals surface area contributed by atoms with Crippen LogP contribution in [0, 0.1) is 11.3 Å². The van der Waals surface area contributed by atoms with Gasteiger partial charge in [-0.3, -0.25) is 0 Å². The molecule has 1 aliphatic carbocycles. The molecule has 2 atom stereocenters. The quantitative estimate of drug-likeness (QED) is 0.846. The summed E-state index contributed by atoms with van der Waals surface area (Å²) in [5.74, 6) is 0.598. The SMILES string of the molecule is CC(C)COC1CC(NCc2ccccc2Cl)C1(C)C. The standard InChI is InChI=1S/C17H26ClNO/c1-12(2)11-20-16-9-15(17(16,3)4)19-10-13-7-5-6-8-14(13)18/h5-8,12,15-16,19H,9-11H2,1-4H3. The van der Waals surface area contributed by atoms with Gasteiger partial charge in [-0.25, -0.2) is 0 Å². The van der Waals surface area contributed by atoms with Gasteiger partial charge in [0.05, 0.1) is 6.10 Å². The van der Waals surface area contributed by atoms with Crippen LogP contribution in [0.5, 0.6) is 0 Å². The highest BCUT2D eigenvalue weighted by Gasteiger charge is 2.48. The molecule has 112 valence electrons. The van der Waals surface area contributed by atoms with Crippen molar-refractivity contribution in [1.82, 2.24) is 5.32 Å². The van der Waals surface area contributed by atoms with E-state index >= 15 is 0 Å². The molecule has 1 aromatic carbocycles. The van der Waals surface area contributed by atoms with E-state index in [0.29, 0.717) is 18.1 Å². The zero-order chi connectivity index (χ0) is 14.8. The Bertz CT molecular complexity index is 444. The van der Waals surface area contributed by atoms with Crippen LogP contribution in [0.1, 0.15) is 39.7 Å². The van der Waals surface area contributed by atoms with Crippen LogP contribution < -0.4 is 5.32 Å². The summed E-state index contributed by atoms with van der Waals surface area (Å²) in [6.45, 7) is 10.6.